The minimum atomic E-state index is -0.266. The summed E-state index contributed by atoms with van der Waals surface area (Å²) in [6.45, 7) is -0.0661. The molecule has 30 heavy (non-hydrogen) atoms. The van der Waals surface area contributed by atoms with Gasteiger partial charge in [0.2, 0.25) is 0 Å². The van der Waals surface area contributed by atoms with Crippen molar-refractivity contribution in [3.05, 3.63) is 103 Å². The third-order valence-corrected chi connectivity index (χ3v) is 4.42. The number of hydrogen-bond acceptors (Lipinski definition) is 5. The molecule has 0 saturated heterocycles. The van der Waals surface area contributed by atoms with Crippen molar-refractivity contribution in [3.8, 4) is 22.8 Å². The summed E-state index contributed by atoms with van der Waals surface area (Å²) >= 11 is 0. The zero-order valence-corrected chi connectivity index (χ0v) is 16.0. The lowest BCUT2D eigenvalue weighted by Crippen LogP contribution is -2.12. The maximum atomic E-state index is 12.9. The molecule has 0 aliphatic rings. The molecule has 6 heteroatoms. The fraction of sp³-hybridized carbons (Fsp3) is 0.0417. The summed E-state index contributed by atoms with van der Waals surface area (Å²) in [5, 5.41) is 12.2. The van der Waals surface area contributed by atoms with E-state index in [9.17, 15) is 9.90 Å². The summed E-state index contributed by atoms with van der Waals surface area (Å²) in [7, 11) is 0. The van der Waals surface area contributed by atoms with E-state index in [2.05, 4.69) is 15.3 Å². The number of amides is 1. The molecule has 0 bridgehead atoms. The maximum absolute atomic E-state index is 12.9. The van der Waals surface area contributed by atoms with Crippen LogP contribution in [0.1, 0.15) is 15.9 Å². The minimum Gasteiger partial charge on any atom is -0.454 e. The highest BCUT2D eigenvalue weighted by atomic mass is 16.5. The number of carbonyl (C=O) groups is 1. The molecule has 0 saturated carbocycles. The zero-order valence-electron chi connectivity index (χ0n) is 16.0. The van der Waals surface area contributed by atoms with Gasteiger partial charge in [0, 0.05) is 23.5 Å². The number of rotatable bonds is 6. The molecule has 0 aliphatic heterocycles. The van der Waals surface area contributed by atoms with Crippen LogP contribution in [0.25, 0.3) is 11.3 Å². The average molecular weight is 397 g/mol. The lowest BCUT2D eigenvalue weighted by Gasteiger charge is -2.12. The first-order valence-corrected chi connectivity index (χ1v) is 9.37. The van der Waals surface area contributed by atoms with Crippen molar-refractivity contribution < 1.29 is 14.6 Å². The van der Waals surface area contributed by atoms with E-state index in [-0.39, 0.29) is 12.5 Å². The van der Waals surface area contributed by atoms with Crippen LogP contribution >= 0.6 is 0 Å². The number of para-hydroxylation sites is 2. The molecule has 4 rings (SSSR count). The van der Waals surface area contributed by atoms with Gasteiger partial charge >= 0.3 is 0 Å². The Hall–Kier alpha value is -4.03. The van der Waals surface area contributed by atoms with E-state index in [1.165, 1.54) is 0 Å². The molecule has 0 fully saturated rings. The first-order valence-electron chi connectivity index (χ1n) is 9.37. The van der Waals surface area contributed by atoms with Gasteiger partial charge in [-0.15, -0.1) is 0 Å². The number of benzene rings is 2. The fourth-order valence-electron chi connectivity index (χ4n) is 2.94. The summed E-state index contributed by atoms with van der Waals surface area (Å²) in [5.74, 6) is 0.834. The van der Waals surface area contributed by atoms with Gasteiger partial charge in [0.15, 0.2) is 5.75 Å². The Kier molecular flexibility index (Phi) is 5.78. The van der Waals surface area contributed by atoms with E-state index in [4.69, 9.17) is 4.74 Å². The van der Waals surface area contributed by atoms with Crippen LogP contribution in [0.3, 0.4) is 0 Å². The summed E-state index contributed by atoms with van der Waals surface area (Å²) in [5.41, 5.74) is 3.28. The Morgan fingerprint density at radius 2 is 1.87 bits per heavy atom. The van der Waals surface area contributed by atoms with E-state index in [1.54, 1.807) is 73.2 Å². The van der Waals surface area contributed by atoms with Gasteiger partial charge in [-0.05, 0) is 54.1 Å². The van der Waals surface area contributed by atoms with Crippen LogP contribution < -0.4 is 10.1 Å². The normalized spacial score (nSPS) is 10.4. The van der Waals surface area contributed by atoms with E-state index in [1.807, 2.05) is 18.2 Å². The van der Waals surface area contributed by atoms with Crippen LogP contribution in [0.4, 0.5) is 5.69 Å². The quantitative estimate of drug-likeness (QED) is 0.493. The summed E-state index contributed by atoms with van der Waals surface area (Å²) < 4.78 is 5.85. The third kappa shape index (κ3) is 4.51. The molecule has 0 radical (unpaired) electrons. The molecule has 0 aliphatic carbocycles. The Morgan fingerprint density at radius 3 is 2.70 bits per heavy atom. The lowest BCUT2D eigenvalue weighted by atomic mass is 10.1. The van der Waals surface area contributed by atoms with Crippen LogP contribution in [0.5, 0.6) is 11.5 Å². The SMILES string of the molecule is O=C(Nc1ccccc1Oc1cccnc1)c1cccc(-c2cc(CO)ccn2)c1. The third-order valence-electron chi connectivity index (χ3n) is 4.42. The standard InChI is InChI=1S/C24H19N3O3/c28-16-17-10-12-26-22(13-17)18-5-3-6-19(14-18)24(29)27-21-8-1-2-9-23(21)30-20-7-4-11-25-15-20/h1-15,28H,16H2,(H,27,29). The van der Waals surface area contributed by atoms with Gasteiger partial charge in [-0.1, -0.05) is 24.3 Å². The largest absolute Gasteiger partial charge is 0.454 e. The number of hydrogen-bond donors (Lipinski definition) is 2. The number of aliphatic hydroxyl groups is 1. The number of nitrogens with zero attached hydrogens (tertiary/aromatic N) is 2. The predicted molar refractivity (Wildman–Crippen MR) is 114 cm³/mol. The van der Waals surface area contributed by atoms with Crippen LogP contribution in [0.15, 0.2) is 91.4 Å². The molecule has 1 amide bonds. The second-order valence-electron chi connectivity index (χ2n) is 6.53. The Labute approximate surface area is 173 Å². The Bertz CT molecular complexity index is 1160. The highest BCUT2D eigenvalue weighted by molar-refractivity contribution is 6.05. The van der Waals surface area contributed by atoms with Gasteiger partial charge in [-0.2, -0.15) is 0 Å². The highest BCUT2D eigenvalue weighted by Crippen LogP contribution is 2.29. The average Bonchev–Trinajstić information content (AvgIpc) is 2.81. The first kappa shape index (κ1) is 19.3. The van der Waals surface area contributed by atoms with E-state index in [0.29, 0.717) is 28.4 Å². The van der Waals surface area contributed by atoms with Crippen molar-refractivity contribution in [3.63, 3.8) is 0 Å². The van der Waals surface area contributed by atoms with Crippen molar-refractivity contribution >= 4 is 11.6 Å². The number of pyridine rings is 2. The van der Waals surface area contributed by atoms with Crippen molar-refractivity contribution in [1.82, 2.24) is 9.97 Å². The van der Waals surface area contributed by atoms with Crippen LogP contribution in [0, 0.1) is 0 Å². The van der Waals surface area contributed by atoms with Crippen molar-refractivity contribution in [2.24, 2.45) is 0 Å². The number of aliphatic hydroxyl groups excluding tert-OH is 1. The van der Waals surface area contributed by atoms with Crippen molar-refractivity contribution in [2.75, 3.05) is 5.32 Å². The van der Waals surface area contributed by atoms with Crippen molar-refractivity contribution in [1.29, 1.82) is 0 Å². The molecule has 0 atom stereocenters. The van der Waals surface area contributed by atoms with Crippen molar-refractivity contribution in [2.45, 2.75) is 6.61 Å². The molecule has 2 aromatic heterocycles. The smallest absolute Gasteiger partial charge is 0.255 e. The van der Waals surface area contributed by atoms with Gasteiger partial charge in [-0.25, -0.2) is 0 Å². The predicted octanol–water partition coefficient (Wildman–Crippen LogP) is 4.68. The second kappa shape index (κ2) is 8.98. The molecule has 4 aromatic rings. The molecule has 2 heterocycles. The molecular weight excluding hydrogens is 378 g/mol. The van der Waals surface area contributed by atoms with Gasteiger partial charge < -0.3 is 15.2 Å². The molecular formula is C24H19N3O3. The minimum absolute atomic E-state index is 0.0661. The summed E-state index contributed by atoms with van der Waals surface area (Å²) in [6, 6.07) is 21.5. The molecule has 6 nitrogen and oxygen atoms in total. The van der Waals surface area contributed by atoms with Gasteiger partial charge in [-0.3, -0.25) is 14.8 Å². The van der Waals surface area contributed by atoms with Gasteiger partial charge in [0.25, 0.3) is 5.91 Å². The number of carbonyl (C=O) groups excluding carboxylic acids is 1. The van der Waals surface area contributed by atoms with Gasteiger partial charge in [0.05, 0.1) is 24.2 Å². The molecule has 148 valence electrons. The van der Waals surface area contributed by atoms with E-state index in [0.717, 1.165) is 11.1 Å². The Balaban J connectivity index is 1.56. The highest BCUT2D eigenvalue weighted by Gasteiger charge is 2.12. The zero-order chi connectivity index (χ0) is 20.8. The van der Waals surface area contributed by atoms with Crippen LogP contribution in [-0.2, 0) is 6.61 Å². The summed E-state index contributed by atoms with van der Waals surface area (Å²) in [4.78, 5) is 21.3. The first-order chi connectivity index (χ1) is 14.7. The monoisotopic (exact) mass is 397 g/mol. The van der Waals surface area contributed by atoms with Crippen LogP contribution in [0.2, 0.25) is 0 Å². The number of aromatic nitrogens is 2. The number of anilines is 1. The number of ether oxygens (including phenoxy) is 1. The molecule has 0 spiro atoms. The number of nitrogens with one attached hydrogen (secondary N) is 1. The Morgan fingerprint density at radius 1 is 0.967 bits per heavy atom. The lowest BCUT2D eigenvalue weighted by molar-refractivity contribution is 0.102. The fourth-order valence-corrected chi connectivity index (χ4v) is 2.94. The second-order valence-corrected chi connectivity index (χ2v) is 6.53. The van der Waals surface area contributed by atoms with Crippen LogP contribution in [-0.4, -0.2) is 21.0 Å². The van der Waals surface area contributed by atoms with E-state index < -0.39 is 0 Å². The van der Waals surface area contributed by atoms with E-state index >= 15 is 0 Å². The maximum Gasteiger partial charge on any atom is 0.255 e. The molecule has 2 aromatic carbocycles. The molecule has 2 N–H and O–H groups in total. The summed E-state index contributed by atoms with van der Waals surface area (Å²) in [6.07, 6.45) is 4.91. The topological polar surface area (TPSA) is 84.3 Å². The van der Waals surface area contributed by atoms with Gasteiger partial charge in [0.1, 0.15) is 5.75 Å². The molecule has 0 unspecified atom stereocenters.